The summed E-state index contributed by atoms with van der Waals surface area (Å²) in [5, 5.41) is 17.8. The molecule has 0 spiro atoms. The van der Waals surface area contributed by atoms with Crippen molar-refractivity contribution in [1.29, 1.82) is 0 Å². The lowest BCUT2D eigenvalue weighted by Gasteiger charge is -2.34. The zero-order chi connectivity index (χ0) is 30.3. The molecule has 5 rings (SSSR count). The molecular weight excluding hydrogens is 540 g/mol. The Bertz CT molecular complexity index is 1560. The molecule has 0 unspecified atom stereocenters. The quantitative estimate of drug-likeness (QED) is 0.246. The fourth-order valence-electron chi connectivity index (χ4n) is 5.61. The molecule has 3 N–H and O–H groups in total. The van der Waals surface area contributed by atoms with Crippen LogP contribution < -0.4 is 15.4 Å². The summed E-state index contributed by atoms with van der Waals surface area (Å²) in [4.78, 5) is 30.5. The molecule has 8 heteroatoms. The molecule has 8 nitrogen and oxygen atoms in total. The number of hydrogen-bond acceptors (Lipinski definition) is 5. The number of nitrogens with zero attached hydrogens (tertiary/aromatic N) is 2. The smallest absolute Gasteiger partial charge is 0.323 e. The molecule has 1 heterocycles. The average Bonchev–Trinajstić information content (AvgIpc) is 3.04. The normalized spacial score (nSPS) is 17.8. The van der Waals surface area contributed by atoms with Crippen LogP contribution in [0.5, 0.6) is 5.75 Å². The van der Waals surface area contributed by atoms with E-state index in [-0.39, 0.29) is 43.0 Å². The Hall–Kier alpha value is -4.40. The van der Waals surface area contributed by atoms with Gasteiger partial charge in [0, 0.05) is 42.2 Å². The molecule has 0 aromatic heterocycles. The minimum atomic E-state index is -0.379. The summed E-state index contributed by atoms with van der Waals surface area (Å²) in [5.41, 5.74) is 3.17. The minimum Gasteiger partial charge on any atom is -0.488 e. The molecule has 0 fully saturated rings. The molecule has 1 aliphatic heterocycles. The van der Waals surface area contributed by atoms with Crippen LogP contribution in [0.25, 0.3) is 10.8 Å². The van der Waals surface area contributed by atoms with Crippen molar-refractivity contribution in [3.05, 3.63) is 102 Å². The highest BCUT2D eigenvalue weighted by molar-refractivity contribution is 6.06. The standard InChI is InChI=1S/C35H40N4O4/c1-24-20-39(25(2)23-40)34(41)19-28-18-29(36-35(42)37-31-15-9-13-27-12-7-8-14-30(27)31)16-17-32(28)43-33(24)22-38(3)21-26-10-5-4-6-11-26/h4-18,24-25,33,40H,19-23H2,1-3H3,(H2,36,37,42)/t24-,25+,33+/m1/s1. The van der Waals surface area contributed by atoms with E-state index < -0.39 is 0 Å². The fourth-order valence-corrected chi connectivity index (χ4v) is 5.61. The molecule has 0 aliphatic carbocycles. The molecule has 0 saturated carbocycles. The SMILES string of the molecule is C[C@@H]1CN([C@@H](C)CO)C(=O)Cc2cc(NC(=O)Nc3cccc4ccccc34)ccc2O[C@H]1CN(C)Cc1ccccc1. The minimum absolute atomic E-state index is 0.00592. The number of fused-ring (bicyclic) bond motifs is 2. The van der Waals surface area contributed by atoms with Gasteiger partial charge < -0.3 is 25.4 Å². The molecule has 4 aromatic rings. The van der Waals surface area contributed by atoms with E-state index in [2.05, 4.69) is 41.6 Å². The molecule has 43 heavy (non-hydrogen) atoms. The number of anilines is 2. The number of likely N-dealkylation sites (N-methyl/N-ethyl adjacent to an activating group) is 1. The van der Waals surface area contributed by atoms with E-state index in [1.54, 1.807) is 17.0 Å². The maximum absolute atomic E-state index is 13.5. The Morgan fingerprint density at radius 3 is 2.56 bits per heavy atom. The number of aliphatic hydroxyl groups is 1. The van der Waals surface area contributed by atoms with E-state index in [1.165, 1.54) is 5.56 Å². The maximum Gasteiger partial charge on any atom is 0.323 e. The van der Waals surface area contributed by atoms with Crippen LogP contribution in [0.4, 0.5) is 16.2 Å². The first-order valence-corrected chi connectivity index (χ1v) is 14.8. The van der Waals surface area contributed by atoms with E-state index in [1.807, 2.05) is 73.7 Å². The van der Waals surface area contributed by atoms with Gasteiger partial charge in [-0.2, -0.15) is 0 Å². The summed E-state index contributed by atoms with van der Waals surface area (Å²) in [6.45, 7) is 5.71. The Morgan fingerprint density at radius 1 is 1.02 bits per heavy atom. The lowest BCUT2D eigenvalue weighted by atomic mass is 10.0. The van der Waals surface area contributed by atoms with E-state index in [4.69, 9.17) is 4.74 Å². The van der Waals surface area contributed by atoms with Crippen molar-refractivity contribution in [2.75, 3.05) is 37.4 Å². The monoisotopic (exact) mass is 580 g/mol. The lowest BCUT2D eigenvalue weighted by Crippen LogP contribution is -2.47. The van der Waals surface area contributed by atoms with Crippen LogP contribution >= 0.6 is 0 Å². The van der Waals surface area contributed by atoms with Gasteiger partial charge in [0.25, 0.3) is 0 Å². The van der Waals surface area contributed by atoms with E-state index in [0.29, 0.717) is 35.8 Å². The number of carbonyl (C=O) groups excluding carboxylic acids is 2. The van der Waals surface area contributed by atoms with Crippen LogP contribution in [0.15, 0.2) is 91.0 Å². The molecule has 4 aromatic carbocycles. The lowest BCUT2D eigenvalue weighted by molar-refractivity contribution is -0.134. The second kappa shape index (κ2) is 13.7. The Kier molecular flexibility index (Phi) is 9.59. The molecule has 3 amide bonds. The van der Waals surface area contributed by atoms with Gasteiger partial charge in [0.05, 0.1) is 24.8 Å². The predicted molar refractivity (Wildman–Crippen MR) is 171 cm³/mol. The topological polar surface area (TPSA) is 94.1 Å². The summed E-state index contributed by atoms with van der Waals surface area (Å²) in [5.74, 6) is 0.539. The Morgan fingerprint density at radius 2 is 1.77 bits per heavy atom. The highest BCUT2D eigenvalue weighted by Crippen LogP contribution is 2.30. The van der Waals surface area contributed by atoms with Crippen LogP contribution in [-0.2, 0) is 17.8 Å². The number of rotatable bonds is 8. The predicted octanol–water partition coefficient (Wildman–Crippen LogP) is 5.76. The van der Waals surface area contributed by atoms with Gasteiger partial charge in [0.15, 0.2) is 0 Å². The highest BCUT2D eigenvalue weighted by atomic mass is 16.5. The number of hydrogen-bond donors (Lipinski definition) is 3. The van der Waals surface area contributed by atoms with Gasteiger partial charge >= 0.3 is 6.03 Å². The van der Waals surface area contributed by atoms with Crippen LogP contribution in [0.2, 0.25) is 0 Å². The number of ether oxygens (including phenoxy) is 1. The average molecular weight is 581 g/mol. The second-order valence-corrected chi connectivity index (χ2v) is 11.5. The number of aliphatic hydroxyl groups excluding tert-OH is 1. The molecule has 1 aliphatic rings. The highest BCUT2D eigenvalue weighted by Gasteiger charge is 2.31. The zero-order valence-corrected chi connectivity index (χ0v) is 25.0. The van der Waals surface area contributed by atoms with Crippen LogP contribution in [-0.4, -0.2) is 65.7 Å². The van der Waals surface area contributed by atoms with Crippen molar-refractivity contribution in [3.63, 3.8) is 0 Å². The Labute approximate surface area is 253 Å². The third-order valence-corrected chi connectivity index (χ3v) is 8.00. The van der Waals surface area contributed by atoms with Crippen LogP contribution in [0, 0.1) is 5.92 Å². The van der Waals surface area contributed by atoms with Gasteiger partial charge in [0.2, 0.25) is 5.91 Å². The summed E-state index contributed by atoms with van der Waals surface area (Å²) in [6.07, 6.45) is -0.111. The third kappa shape index (κ3) is 7.52. The van der Waals surface area contributed by atoms with Gasteiger partial charge in [0.1, 0.15) is 11.9 Å². The summed E-state index contributed by atoms with van der Waals surface area (Å²) in [6, 6.07) is 28.7. The molecule has 0 radical (unpaired) electrons. The number of carbonyl (C=O) groups is 2. The van der Waals surface area contributed by atoms with Crippen LogP contribution in [0.1, 0.15) is 25.0 Å². The Balaban J connectivity index is 1.37. The van der Waals surface area contributed by atoms with Gasteiger partial charge in [-0.05, 0) is 49.2 Å². The first kappa shape index (κ1) is 30.1. The van der Waals surface area contributed by atoms with Crippen molar-refractivity contribution in [1.82, 2.24) is 9.80 Å². The molecule has 0 bridgehead atoms. The van der Waals surface area contributed by atoms with Gasteiger partial charge in [-0.15, -0.1) is 0 Å². The molecule has 3 atom stereocenters. The van der Waals surface area contributed by atoms with E-state index in [9.17, 15) is 14.7 Å². The summed E-state index contributed by atoms with van der Waals surface area (Å²) < 4.78 is 6.64. The van der Waals surface area contributed by atoms with Crippen molar-refractivity contribution in [3.8, 4) is 5.75 Å². The number of urea groups is 1. The fraction of sp³-hybridized carbons (Fsp3) is 0.314. The summed E-state index contributed by atoms with van der Waals surface area (Å²) >= 11 is 0. The molecule has 0 saturated heterocycles. The first-order chi connectivity index (χ1) is 20.8. The molecule has 224 valence electrons. The van der Waals surface area contributed by atoms with Crippen molar-refractivity contribution in [2.45, 2.75) is 39.0 Å². The van der Waals surface area contributed by atoms with Gasteiger partial charge in [-0.25, -0.2) is 4.79 Å². The number of benzene rings is 4. The van der Waals surface area contributed by atoms with Gasteiger partial charge in [-0.3, -0.25) is 9.69 Å². The first-order valence-electron chi connectivity index (χ1n) is 14.8. The number of amides is 3. The van der Waals surface area contributed by atoms with Crippen molar-refractivity contribution in [2.24, 2.45) is 5.92 Å². The van der Waals surface area contributed by atoms with Gasteiger partial charge in [-0.1, -0.05) is 73.7 Å². The van der Waals surface area contributed by atoms with E-state index in [0.717, 1.165) is 17.3 Å². The second-order valence-electron chi connectivity index (χ2n) is 11.5. The maximum atomic E-state index is 13.5. The zero-order valence-electron chi connectivity index (χ0n) is 25.0. The summed E-state index contributed by atoms with van der Waals surface area (Å²) in [7, 11) is 2.07. The number of nitrogens with one attached hydrogen (secondary N) is 2. The van der Waals surface area contributed by atoms with Crippen molar-refractivity contribution < 1.29 is 19.4 Å². The van der Waals surface area contributed by atoms with Crippen molar-refractivity contribution >= 4 is 34.1 Å². The van der Waals surface area contributed by atoms with E-state index >= 15 is 0 Å². The third-order valence-electron chi connectivity index (χ3n) is 8.00. The largest absolute Gasteiger partial charge is 0.488 e. The molecular formula is C35H40N4O4. The van der Waals surface area contributed by atoms with Crippen LogP contribution in [0.3, 0.4) is 0 Å².